The highest BCUT2D eigenvalue weighted by atomic mass is 32.2. The number of alkyl halides is 6. The molecule has 0 spiro atoms. The van der Waals surface area contributed by atoms with Crippen molar-refractivity contribution >= 4 is 10.0 Å². The molecule has 0 saturated carbocycles. The fourth-order valence-corrected chi connectivity index (χ4v) is 1.91. The van der Waals surface area contributed by atoms with E-state index in [-0.39, 0.29) is 18.2 Å². The standard InChI is InChI=1S/C8H3F6N3O2S/c9-7(10,11)4-1-5(8(12,13)14)3-6(2-4)20(18,19)17-16-15/h1-3H. The van der Waals surface area contributed by atoms with Crippen LogP contribution in [0.25, 0.3) is 10.4 Å². The summed E-state index contributed by atoms with van der Waals surface area (Å²) >= 11 is 0. The molecule has 0 radical (unpaired) electrons. The Morgan fingerprint density at radius 3 is 1.65 bits per heavy atom. The van der Waals surface area contributed by atoms with Gasteiger partial charge < -0.3 is 0 Å². The molecule has 0 saturated heterocycles. The molecule has 0 aliphatic heterocycles. The van der Waals surface area contributed by atoms with Crippen molar-refractivity contribution < 1.29 is 34.8 Å². The van der Waals surface area contributed by atoms with E-state index in [0.717, 1.165) is 0 Å². The van der Waals surface area contributed by atoms with Crippen LogP contribution in [0.1, 0.15) is 11.1 Å². The van der Waals surface area contributed by atoms with Crippen LogP contribution in [0.4, 0.5) is 26.3 Å². The first-order valence-corrected chi connectivity index (χ1v) is 5.93. The smallest absolute Gasteiger partial charge is 0.216 e. The van der Waals surface area contributed by atoms with Crippen LogP contribution in [0.3, 0.4) is 0 Å². The average molecular weight is 319 g/mol. The highest BCUT2D eigenvalue weighted by Gasteiger charge is 2.38. The third-order valence-electron chi connectivity index (χ3n) is 2.00. The van der Waals surface area contributed by atoms with Gasteiger partial charge in [-0.3, -0.25) is 0 Å². The van der Waals surface area contributed by atoms with E-state index >= 15 is 0 Å². The van der Waals surface area contributed by atoms with Crippen LogP contribution in [-0.4, -0.2) is 8.42 Å². The third-order valence-corrected chi connectivity index (χ3v) is 3.12. The lowest BCUT2D eigenvalue weighted by atomic mass is 10.1. The van der Waals surface area contributed by atoms with Gasteiger partial charge in [-0.05, 0) is 23.7 Å². The van der Waals surface area contributed by atoms with Crippen LogP contribution in [0.5, 0.6) is 0 Å². The van der Waals surface area contributed by atoms with Gasteiger partial charge in [0.1, 0.15) is 0 Å². The summed E-state index contributed by atoms with van der Waals surface area (Å²) in [6.45, 7) is 0. The van der Waals surface area contributed by atoms with E-state index in [1.54, 1.807) is 0 Å². The molecule has 0 unspecified atom stereocenters. The van der Waals surface area contributed by atoms with Crippen molar-refractivity contribution in [2.24, 2.45) is 4.52 Å². The van der Waals surface area contributed by atoms with Crippen LogP contribution in [-0.2, 0) is 22.4 Å². The van der Waals surface area contributed by atoms with Gasteiger partial charge in [0.25, 0.3) is 10.0 Å². The van der Waals surface area contributed by atoms with Gasteiger partial charge in [0, 0.05) is 9.43 Å². The summed E-state index contributed by atoms with van der Waals surface area (Å²) in [5.41, 5.74) is 4.32. The molecule has 1 aromatic carbocycles. The number of hydrogen-bond acceptors (Lipinski definition) is 2. The molecular weight excluding hydrogens is 316 g/mol. The SMILES string of the molecule is [N-]=[N+]=NS(=O)(=O)c1cc(C(F)(F)F)cc(C(F)(F)F)c1. The zero-order valence-electron chi connectivity index (χ0n) is 9.07. The van der Waals surface area contributed by atoms with Crippen molar-refractivity contribution in [3.05, 3.63) is 39.8 Å². The van der Waals surface area contributed by atoms with Gasteiger partial charge in [-0.1, -0.05) is 0 Å². The zero-order chi connectivity index (χ0) is 15.8. The van der Waals surface area contributed by atoms with E-state index in [1.807, 2.05) is 4.91 Å². The minimum Gasteiger partial charge on any atom is -0.216 e. The van der Waals surface area contributed by atoms with Crippen molar-refractivity contribution in [3.63, 3.8) is 0 Å². The quantitative estimate of drug-likeness (QED) is 0.360. The Kier molecular flexibility index (Phi) is 3.92. The molecule has 1 rings (SSSR count). The Morgan fingerprint density at radius 1 is 0.950 bits per heavy atom. The molecular formula is C8H3F6N3O2S. The van der Waals surface area contributed by atoms with Gasteiger partial charge in [-0.25, -0.2) is 8.42 Å². The number of nitrogens with zero attached hydrogens (tertiary/aromatic N) is 3. The summed E-state index contributed by atoms with van der Waals surface area (Å²) < 4.78 is 99.3. The lowest BCUT2D eigenvalue weighted by molar-refractivity contribution is -0.143. The number of hydrogen-bond donors (Lipinski definition) is 0. The number of azide groups is 1. The predicted molar refractivity (Wildman–Crippen MR) is 52.8 cm³/mol. The number of rotatable bonds is 2. The van der Waals surface area contributed by atoms with E-state index in [9.17, 15) is 34.8 Å². The first-order chi connectivity index (χ1) is 8.88. The van der Waals surface area contributed by atoms with E-state index in [2.05, 4.69) is 4.52 Å². The molecule has 110 valence electrons. The topological polar surface area (TPSA) is 82.9 Å². The normalized spacial score (nSPS) is 12.9. The molecule has 20 heavy (non-hydrogen) atoms. The van der Waals surface area contributed by atoms with E-state index < -0.39 is 38.4 Å². The van der Waals surface area contributed by atoms with Gasteiger partial charge in [-0.2, -0.15) is 26.3 Å². The van der Waals surface area contributed by atoms with E-state index in [1.165, 1.54) is 0 Å². The first kappa shape index (κ1) is 16.1. The summed E-state index contributed by atoms with van der Waals surface area (Å²) in [6, 6.07) is -0.326. The zero-order valence-corrected chi connectivity index (χ0v) is 9.88. The molecule has 0 amide bonds. The minimum absolute atomic E-state index is 0.0424. The Hall–Kier alpha value is -1.94. The Bertz CT molecular complexity index is 640. The molecule has 5 nitrogen and oxygen atoms in total. The molecule has 0 aliphatic rings. The second-order valence-corrected chi connectivity index (χ2v) is 4.97. The predicted octanol–water partition coefficient (Wildman–Crippen LogP) is 3.72. The van der Waals surface area contributed by atoms with Gasteiger partial charge >= 0.3 is 12.4 Å². The Morgan fingerprint density at radius 2 is 1.35 bits per heavy atom. The van der Waals surface area contributed by atoms with Crippen molar-refractivity contribution in [2.75, 3.05) is 0 Å². The maximum absolute atomic E-state index is 12.4. The maximum atomic E-state index is 12.4. The molecule has 0 N–H and O–H groups in total. The van der Waals surface area contributed by atoms with E-state index in [0.29, 0.717) is 0 Å². The minimum atomic E-state index is -5.19. The molecule has 0 aliphatic carbocycles. The van der Waals surface area contributed by atoms with Gasteiger partial charge in [0.05, 0.1) is 16.0 Å². The van der Waals surface area contributed by atoms with Crippen LogP contribution in [0.15, 0.2) is 27.6 Å². The van der Waals surface area contributed by atoms with Crippen molar-refractivity contribution in [1.82, 2.24) is 0 Å². The van der Waals surface area contributed by atoms with Gasteiger partial charge in [0.15, 0.2) is 0 Å². The molecule has 12 heteroatoms. The molecule has 0 atom stereocenters. The van der Waals surface area contributed by atoms with Crippen molar-refractivity contribution in [3.8, 4) is 0 Å². The molecule has 1 aromatic rings. The summed E-state index contributed by atoms with van der Waals surface area (Å²) in [6.07, 6.45) is -10.4. The summed E-state index contributed by atoms with van der Waals surface area (Å²) in [7, 11) is -4.97. The lowest BCUT2D eigenvalue weighted by Crippen LogP contribution is -2.12. The fourth-order valence-electron chi connectivity index (χ4n) is 1.17. The highest BCUT2D eigenvalue weighted by Crippen LogP contribution is 2.37. The fraction of sp³-hybridized carbons (Fsp3) is 0.250. The number of halogens is 6. The Balaban J connectivity index is 3.67. The molecule has 0 bridgehead atoms. The summed E-state index contributed by atoms with van der Waals surface area (Å²) in [5.74, 6) is 0. The number of benzene rings is 1. The van der Waals surface area contributed by atoms with Gasteiger partial charge in [0.2, 0.25) is 0 Å². The van der Waals surface area contributed by atoms with Crippen LogP contribution >= 0.6 is 0 Å². The second-order valence-electron chi connectivity index (χ2n) is 3.39. The lowest BCUT2D eigenvalue weighted by Gasteiger charge is -2.13. The van der Waals surface area contributed by atoms with Crippen molar-refractivity contribution in [2.45, 2.75) is 17.2 Å². The molecule has 0 heterocycles. The molecule has 0 fully saturated rings. The molecule has 0 aromatic heterocycles. The summed E-state index contributed by atoms with van der Waals surface area (Å²) in [5, 5.41) is 0. The Labute approximate surface area is 107 Å². The largest absolute Gasteiger partial charge is 0.416 e. The van der Waals surface area contributed by atoms with Crippen LogP contribution in [0.2, 0.25) is 0 Å². The average Bonchev–Trinajstić information content (AvgIpc) is 2.26. The highest BCUT2D eigenvalue weighted by molar-refractivity contribution is 7.90. The second kappa shape index (κ2) is 4.87. The van der Waals surface area contributed by atoms with E-state index in [4.69, 9.17) is 5.53 Å². The van der Waals surface area contributed by atoms with Crippen molar-refractivity contribution in [1.29, 1.82) is 0 Å². The first-order valence-electron chi connectivity index (χ1n) is 4.49. The van der Waals surface area contributed by atoms with Crippen LogP contribution in [0, 0.1) is 0 Å². The third kappa shape index (κ3) is 3.54. The summed E-state index contributed by atoms with van der Waals surface area (Å²) in [4.78, 5) is 0.451. The number of sulfonamides is 1. The monoisotopic (exact) mass is 319 g/mol. The van der Waals surface area contributed by atoms with Gasteiger partial charge in [-0.15, -0.1) is 0 Å². The maximum Gasteiger partial charge on any atom is 0.416 e. The van der Waals surface area contributed by atoms with Crippen LogP contribution < -0.4 is 0 Å².